The Labute approximate surface area is 132 Å². The molecular weight excluding hydrogens is 276 g/mol. The zero-order valence-electron chi connectivity index (χ0n) is 13.5. The smallest absolute Gasteiger partial charge is 0.178 e. The maximum Gasteiger partial charge on any atom is 0.178 e. The summed E-state index contributed by atoms with van der Waals surface area (Å²) >= 11 is 0. The zero-order chi connectivity index (χ0) is 15.7. The molecule has 0 heterocycles. The number of fused-ring (bicyclic) bond motifs is 5. The summed E-state index contributed by atoms with van der Waals surface area (Å²) in [6, 6.07) is 0. The minimum Gasteiger partial charge on any atom is -0.393 e. The van der Waals surface area contributed by atoms with Crippen molar-refractivity contribution in [1.29, 1.82) is 0 Å². The van der Waals surface area contributed by atoms with Gasteiger partial charge in [-0.2, -0.15) is 0 Å². The molecule has 22 heavy (non-hydrogen) atoms. The van der Waals surface area contributed by atoms with E-state index >= 15 is 0 Å². The van der Waals surface area contributed by atoms with Gasteiger partial charge in [0, 0.05) is 5.41 Å². The van der Waals surface area contributed by atoms with Gasteiger partial charge in [0.05, 0.1) is 12.2 Å². The molecule has 2 N–H and O–H groups in total. The largest absolute Gasteiger partial charge is 0.393 e. The first kappa shape index (κ1) is 14.6. The minimum absolute atomic E-state index is 0.00177. The molecule has 0 aromatic rings. The molecule has 7 atom stereocenters. The Balaban J connectivity index is 1.74. The lowest BCUT2D eigenvalue weighted by atomic mass is 9.48. The van der Waals surface area contributed by atoms with Crippen LogP contribution in [0.2, 0.25) is 0 Å². The molecule has 4 rings (SSSR count). The molecule has 0 aliphatic heterocycles. The lowest BCUT2D eigenvalue weighted by molar-refractivity contribution is -0.111. The molecular formula is C19H26O3. The van der Waals surface area contributed by atoms with Crippen molar-refractivity contribution in [3.8, 4) is 0 Å². The first-order valence-electron chi connectivity index (χ1n) is 8.67. The van der Waals surface area contributed by atoms with Crippen LogP contribution in [0.5, 0.6) is 0 Å². The molecule has 0 unspecified atom stereocenters. The van der Waals surface area contributed by atoms with E-state index < -0.39 is 6.10 Å². The fourth-order valence-electron chi connectivity index (χ4n) is 6.22. The highest BCUT2D eigenvalue weighted by Crippen LogP contribution is 2.64. The monoisotopic (exact) mass is 302 g/mol. The average molecular weight is 302 g/mol. The topological polar surface area (TPSA) is 57.5 Å². The molecule has 4 aliphatic carbocycles. The van der Waals surface area contributed by atoms with E-state index in [0.29, 0.717) is 17.8 Å². The normalized spacial score (nSPS) is 53.5. The van der Waals surface area contributed by atoms with Crippen LogP contribution in [0.3, 0.4) is 0 Å². The molecule has 0 bridgehead atoms. The van der Waals surface area contributed by atoms with E-state index in [4.69, 9.17) is 0 Å². The number of hydrogen-bond acceptors (Lipinski definition) is 3. The Morgan fingerprint density at radius 2 is 1.91 bits per heavy atom. The van der Waals surface area contributed by atoms with Gasteiger partial charge in [0.1, 0.15) is 0 Å². The van der Waals surface area contributed by atoms with Gasteiger partial charge in [0.25, 0.3) is 0 Å². The van der Waals surface area contributed by atoms with Crippen molar-refractivity contribution < 1.29 is 15.0 Å². The van der Waals surface area contributed by atoms with Gasteiger partial charge in [-0.05, 0) is 73.0 Å². The molecule has 3 saturated carbocycles. The van der Waals surface area contributed by atoms with Crippen molar-refractivity contribution >= 4 is 5.78 Å². The van der Waals surface area contributed by atoms with Crippen LogP contribution in [0.15, 0.2) is 23.8 Å². The number of aliphatic hydroxyl groups excluding tert-OH is 2. The Hall–Kier alpha value is -0.930. The fourth-order valence-corrected chi connectivity index (χ4v) is 6.22. The zero-order valence-corrected chi connectivity index (χ0v) is 13.5. The van der Waals surface area contributed by atoms with Crippen molar-refractivity contribution in [3.05, 3.63) is 23.8 Å². The van der Waals surface area contributed by atoms with Gasteiger partial charge in [0.2, 0.25) is 0 Å². The molecule has 0 saturated heterocycles. The van der Waals surface area contributed by atoms with Gasteiger partial charge in [-0.3, -0.25) is 4.79 Å². The summed E-state index contributed by atoms with van der Waals surface area (Å²) < 4.78 is 0. The average Bonchev–Trinajstić information content (AvgIpc) is 2.77. The summed E-state index contributed by atoms with van der Waals surface area (Å²) in [5.41, 5.74) is 0.751. The van der Waals surface area contributed by atoms with Crippen LogP contribution >= 0.6 is 0 Å². The number of hydrogen-bond donors (Lipinski definition) is 2. The minimum atomic E-state index is -0.514. The van der Waals surface area contributed by atoms with Crippen LogP contribution in [-0.2, 0) is 4.79 Å². The summed E-state index contributed by atoms with van der Waals surface area (Å²) in [4.78, 5) is 11.7. The van der Waals surface area contributed by atoms with Crippen LogP contribution in [0.1, 0.15) is 46.0 Å². The van der Waals surface area contributed by atoms with Crippen molar-refractivity contribution in [2.24, 2.45) is 28.6 Å². The van der Waals surface area contributed by atoms with E-state index in [2.05, 4.69) is 13.8 Å². The second-order valence-corrected chi connectivity index (χ2v) is 8.38. The molecule has 0 spiro atoms. The van der Waals surface area contributed by atoms with Crippen molar-refractivity contribution in [1.82, 2.24) is 0 Å². The quantitative estimate of drug-likeness (QED) is 0.723. The summed E-state index contributed by atoms with van der Waals surface area (Å²) in [6.07, 6.45) is 9.53. The predicted molar refractivity (Wildman–Crippen MR) is 84.0 cm³/mol. The summed E-state index contributed by atoms with van der Waals surface area (Å²) in [5.74, 6) is 1.43. The van der Waals surface area contributed by atoms with Crippen LogP contribution < -0.4 is 0 Å². The van der Waals surface area contributed by atoms with E-state index in [1.54, 1.807) is 12.2 Å². The number of ketones is 1. The van der Waals surface area contributed by atoms with E-state index in [1.165, 1.54) is 0 Å². The van der Waals surface area contributed by atoms with E-state index in [0.717, 1.165) is 37.7 Å². The van der Waals surface area contributed by atoms with E-state index in [9.17, 15) is 15.0 Å². The van der Waals surface area contributed by atoms with Crippen molar-refractivity contribution in [2.45, 2.75) is 58.2 Å². The van der Waals surface area contributed by atoms with Gasteiger partial charge in [-0.15, -0.1) is 0 Å². The number of allylic oxidation sites excluding steroid dienone is 3. The van der Waals surface area contributed by atoms with Crippen molar-refractivity contribution in [3.63, 3.8) is 0 Å². The predicted octanol–water partition coefficient (Wildman–Crippen LogP) is 2.63. The molecule has 0 aromatic heterocycles. The van der Waals surface area contributed by atoms with E-state index in [-0.39, 0.29) is 22.7 Å². The molecule has 4 aliphatic rings. The summed E-state index contributed by atoms with van der Waals surface area (Å²) in [6.45, 7) is 4.43. The van der Waals surface area contributed by atoms with Gasteiger partial charge < -0.3 is 10.2 Å². The fraction of sp³-hybridized carbons (Fsp3) is 0.737. The number of carbonyl (C=O) groups excluding carboxylic acids is 1. The molecule has 0 radical (unpaired) electrons. The second-order valence-electron chi connectivity index (χ2n) is 8.38. The van der Waals surface area contributed by atoms with Gasteiger partial charge in [0.15, 0.2) is 5.78 Å². The number of carbonyl (C=O) groups is 1. The highest BCUT2D eigenvalue weighted by molar-refractivity contribution is 6.01. The molecule has 0 amide bonds. The molecule has 3 heteroatoms. The number of aliphatic hydroxyl groups is 2. The molecule has 3 fully saturated rings. The maximum atomic E-state index is 11.7. The summed E-state index contributed by atoms with van der Waals surface area (Å²) in [7, 11) is 0. The van der Waals surface area contributed by atoms with Crippen LogP contribution in [0.4, 0.5) is 0 Å². The highest BCUT2D eigenvalue weighted by atomic mass is 16.3. The second kappa shape index (κ2) is 4.55. The van der Waals surface area contributed by atoms with E-state index in [1.807, 2.05) is 6.08 Å². The Morgan fingerprint density at radius 3 is 2.68 bits per heavy atom. The SMILES string of the molecule is C[C@]12CC[C@H]3[C@@H](C[C@@H](O)C4=CC(=O)C=C[C@@]43C)[C@H]1CC[C@@H]2O. The van der Waals surface area contributed by atoms with Crippen LogP contribution in [0, 0.1) is 28.6 Å². The first-order chi connectivity index (χ1) is 10.4. The van der Waals surface area contributed by atoms with Gasteiger partial charge in [-0.25, -0.2) is 0 Å². The lowest BCUT2D eigenvalue weighted by Gasteiger charge is -2.57. The number of rotatable bonds is 0. The standard InChI is InChI=1S/C19H26O3/c1-18-7-5-11(20)9-15(18)16(21)10-12-13-3-4-17(22)19(13,2)8-6-14(12)18/h5,7,9,12-14,16-17,21-22H,3-4,6,8,10H2,1-2H3/t12-,13+,14-,16+,17-,18+,19-/m0/s1. The third-order valence-corrected chi connectivity index (χ3v) is 7.53. The lowest BCUT2D eigenvalue weighted by Crippen LogP contribution is -2.53. The van der Waals surface area contributed by atoms with Gasteiger partial charge in [-0.1, -0.05) is 19.9 Å². The molecule has 3 nitrogen and oxygen atoms in total. The first-order valence-corrected chi connectivity index (χ1v) is 8.67. The Kier molecular flexibility index (Phi) is 3.03. The molecule has 120 valence electrons. The summed E-state index contributed by atoms with van der Waals surface area (Å²) in [5, 5.41) is 21.1. The third-order valence-electron chi connectivity index (χ3n) is 7.53. The Morgan fingerprint density at radius 1 is 1.14 bits per heavy atom. The highest BCUT2D eigenvalue weighted by Gasteiger charge is 2.59. The Bertz CT molecular complexity index is 577. The third kappa shape index (κ3) is 1.73. The van der Waals surface area contributed by atoms with Crippen LogP contribution in [-0.4, -0.2) is 28.2 Å². The van der Waals surface area contributed by atoms with Crippen molar-refractivity contribution in [2.75, 3.05) is 0 Å². The molecule has 0 aromatic carbocycles. The maximum absolute atomic E-state index is 11.7. The van der Waals surface area contributed by atoms with Gasteiger partial charge >= 0.3 is 0 Å². The van der Waals surface area contributed by atoms with Crippen LogP contribution in [0.25, 0.3) is 0 Å².